The smallest absolute Gasteiger partial charge is 0.123 e. The third-order valence-electron chi connectivity index (χ3n) is 4.66. The van der Waals surface area contributed by atoms with Gasteiger partial charge in [-0.25, -0.2) is 4.98 Å². The predicted molar refractivity (Wildman–Crippen MR) is 97.5 cm³/mol. The number of thiazole rings is 1. The normalized spacial score (nSPS) is 15.3. The molecule has 0 unspecified atom stereocenters. The maximum absolute atomic E-state index is 9.41. The lowest BCUT2D eigenvalue weighted by atomic mass is 10.1. The Morgan fingerprint density at radius 3 is 2.79 bits per heavy atom. The number of methoxy groups -OCH3 is 1. The van der Waals surface area contributed by atoms with E-state index < -0.39 is 0 Å². The Balaban J connectivity index is 1.67. The van der Waals surface area contributed by atoms with Crippen molar-refractivity contribution in [2.24, 2.45) is 0 Å². The van der Waals surface area contributed by atoms with Crippen molar-refractivity contribution in [3.63, 3.8) is 0 Å². The lowest BCUT2D eigenvalue weighted by Gasteiger charge is -2.21. The van der Waals surface area contributed by atoms with Crippen LogP contribution in [-0.4, -0.2) is 35.3 Å². The van der Waals surface area contributed by atoms with Gasteiger partial charge in [0.15, 0.2) is 0 Å². The average molecular weight is 346 g/mol. The van der Waals surface area contributed by atoms with Gasteiger partial charge in [0.2, 0.25) is 0 Å². The molecule has 0 radical (unpaired) electrons. The fourth-order valence-corrected chi connectivity index (χ4v) is 4.54. The minimum absolute atomic E-state index is 0.156. The average Bonchev–Trinajstić information content (AvgIpc) is 3.26. The van der Waals surface area contributed by atoms with Crippen LogP contribution >= 0.6 is 11.3 Å². The van der Waals surface area contributed by atoms with Crippen molar-refractivity contribution in [2.45, 2.75) is 44.7 Å². The Hall–Kier alpha value is -1.43. The molecule has 1 aliphatic rings. The van der Waals surface area contributed by atoms with Gasteiger partial charge in [-0.2, -0.15) is 0 Å². The largest absolute Gasteiger partial charge is 0.496 e. The maximum atomic E-state index is 9.41. The Kier molecular flexibility index (Phi) is 6.24. The summed E-state index contributed by atoms with van der Waals surface area (Å²) in [5, 5.41) is 10.7. The molecule has 0 saturated heterocycles. The highest BCUT2D eigenvalue weighted by molar-refractivity contribution is 7.11. The number of aliphatic hydroxyl groups excluding tert-OH is 1. The first-order chi connectivity index (χ1) is 11.8. The number of para-hydroxylation sites is 1. The van der Waals surface area contributed by atoms with Gasteiger partial charge in [-0.1, -0.05) is 31.0 Å². The van der Waals surface area contributed by atoms with Crippen molar-refractivity contribution in [2.75, 3.05) is 20.3 Å². The fourth-order valence-electron chi connectivity index (χ4n) is 3.41. The molecular weight excluding hydrogens is 320 g/mol. The summed E-state index contributed by atoms with van der Waals surface area (Å²) in [4.78, 5) is 8.19. The van der Waals surface area contributed by atoms with E-state index in [-0.39, 0.29) is 6.61 Å². The second-order valence-corrected chi connectivity index (χ2v) is 7.54. The van der Waals surface area contributed by atoms with Crippen LogP contribution in [0.4, 0.5) is 0 Å². The van der Waals surface area contributed by atoms with Gasteiger partial charge in [-0.15, -0.1) is 11.3 Å². The van der Waals surface area contributed by atoms with Crippen molar-refractivity contribution in [3.05, 3.63) is 45.9 Å². The zero-order valence-corrected chi connectivity index (χ0v) is 15.1. The molecule has 0 amide bonds. The summed E-state index contributed by atoms with van der Waals surface area (Å²) in [6.45, 7) is 2.39. The number of aliphatic hydroxyl groups is 1. The van der Waals surface area contributed by atoms with E-state index in [2.05, 4.69) is 16.0 Å². The number of hydrogen-bond acceptors (Lipinski definition) is 5. The van der Waals surface area contributed by atoms with Gasteiger partial charge in [0.25, 0.3) is 0 Å². The number of aromatic nitrogens is 1. The van der Waals surface area contributed by atoms with Crippen molar-refractivity contribution in [1.82, 2.24) is 9.88 Å². The molecule has 0 aliphatic heterocycles. The molecular formula is C19H26N2O2S. The Labute approximate surface area is 148 Å². The highest BCUT2D eigenvalue weighted by Crippen LogP contribution is 2.36. The van der Waals surface area contributed by atoms with Crippen molar-refractivity contribution in [3.8, 4) is 5.75 Å². The monoisotopic (exact) mass is 346 g/mol. The standard InChI is InChI=1S/C19H26N2O2S/c1-23-18-9-5-4-8-16(18)13-21(10-11-22)14-17-12-20-19(24-17)15-6-2-3-7-15/h4-5,8-9,12,15,22H,2-3,6-7,10-11,13-14H2,1H3. The van der Waals surface area contributed by atoms with Crippen LogP contribution in [0.5, 0.6) is 5.75 Å². The summed E-state index contributed by atoms with van der Waals surface area (Å²) in [6, 6.07) is 8.08. The van der Waals surface area contributed by atoms with Gasteiger partial charge in [-0.3, -0.25) is 4.90 Å². The zero-order valence-electron chi connectivity index (χ0n) is 14.3. The number of ether oxygens (including phenoxy) is 1. The molecule has 0 bridgehead atoms. The summed E-state index contributed by atoms with van der Waals surface area (Å²) in [5.41, 5.74) is 1.15. The van der Waals surface area contributed by atoms with E-state index >= 15 is 0 Å². The molecule has 1 heterocycles. The summed E-state index contributed by atoms with van der Waals surface area (Å²) in [7, 11) is 1.70. The van der Waals surface area contributed by atoms with E-state index in [4.69, 9.17) is 4.74 Å². The van der Waals surface area contributed by atoms with Crippen LogP contribution in [0.1, 0.15) is 47.0 Å². The first-order valence-electron chi connectivity index (χ1n) is 8.70. The van der Waals surface area contributed by atoms with Gasteiger partial charge in [0.1, 0.15) is 5.75 Å². The minimum atomic E-state index is 0.156. The molecule has 2 aromatic rings. The Morgan fingerprint density at radius 1 is 1.25 bits per heavy atom. The Bertz CT molecular complexity index is 638. The van der Waals surface area contributed by atoms with Crippen LogP contribution in [-0.2, 0) is 13.1 Å². The topological polar surface area (TPSA) is 45.6 Å². The molecule has 1 aromatic heterocycles. The maximum Gasteiger partial charge on any atom is 0.123 e. The van der Waals surface area contributed by atoms with E-state index in [1.807, 2.05) is 35.7 Å². The Morgan fingerprint density at radius 2 is 2.04 bits per heavy atom. The number of benzene rings is 1. The van der Waals surface area contributed by atoms with Crippen molar-refractivity contribution < 1.29 is 9.84 Å². The third-order valence-corrected chi connectivity index (χ3v) is 5.80. The minimum Gasteiger partial charge on any atom is -0.496 e. The van der Waals surface area contributed by atoms with Gasteiger partial charge in [-0.05, 0) is 18.9 Å². The molecule has 1 saturated carbocycles. The second-order valence-electron chi connectivity index (χ2n) is 6.39. The van der Waals surface area contributed by atoms with E-state index in [9.17, 15) is 5.11 Å². The molecule has 24 heavy (non-hydrogen) atoms. The summed E-state index contributed by atoms with van der Waals surface area (Å²) in [5.74, 6) is 1.57. The SMILES string of the molecule is COc1ccccc1CN(CCO)Cc1cnc(C2CCCC2)s1. The van der Waals surface area contributed by atoms with Gasteiger partial charge >= 0.3 is 0 Å². The fraction of sp³-hybridized carbons (Fsp3) is 0.526. The van der Waals surface area contributed by atoms with Gasteiger partial charge < -0.3 is 9.84 Å². The predicted octanol–water partition coefficient (Wildman–Crippen LogP) is 3.80. The van der Waals surface area contributed by atoms with Crippen LogP contribution in [0.2, 0.25) is 0 Å². The molecule has 130 valence electrons. The lowest BCUT2D eigenvalue weighted by Crippen LogP contribution is -2.25. The van der Waals surface area contributed by atoms with Gasteiger partial charge in [0, 0.05) is 42.2 Å². The second kappa shape index (κ2) is 8.60. The number of nitrogens with zero attached hydrogens (tertiary/aromatic N) is 2. The van der Waals surface area contributed by atoms with E-state index in [0.29, 0.717) is 12.5 Å². The van der Waals surface area contributed by atoms with E-state index in [0.717, 1.165) is 24.4 Å². The molecule has 0 atom stereocenters. The highest BCUT2D eigenvalue weighted by Gasteiger charge is 2.20. The van der Waals surface area contributed by atoms with Gasteiger partial charge in [0.05, 0.1) is 18.7 Å². The van der Waals surface area contributed by atoms with Crippen molar-refractivity contribution in [1.29, 1.82) is 0 Å². The first-order valence-corrected chi connectivity index (χ1v) is 9.51. The van der Waals surface area contributed by atoms with Crippen molar-refractivity contribution >= 4 is 11.3 Å². The molecule has 1 N–H and O–H groups in total. The summed E-state index contributed by atoms with van der Waals surface area (Å²) < 4.78 is 5.45. The highest BCUT2D eigenvalue weighted by atomic mass is 32.1. The molecule has 0 spiro atoms. The quantitative estimate of drug-likeness (QED) is 0.790. The van der Waals surface area contributed by atoms with Crippen LogP contribution < -0.4 is 4.74 Å². The first kappa shape index (κ1) is 17.4. The third kappa shape index (κ3) is 4.35. The molecule has 3 rings (SSSR count). The lowest BCUT2D eigenvalue weighted by molar-refractivity contribution is 0.184. The number of hydrogen-bond donors (Lipinski definition) is 1. The number of rotatable bonds is 8. The summed E-state index contributed by atoms with van der Waals surface area (Å²) >= 11 is 1.84. The van der Waals surface area contributed by atoms with E-state index in [1.165, 1.54) is 35.6 Å². The molecule has 4 nitrogen and oxygen atoms in total. The van der Waals surface area contributed by atoms with E-state index in [1.54, 1.807) is 7.11 Å². The molecule has 5 heteroatoms. The molecule has 1 aromatic carbocycles. The molecule has 1 fully saturated rings. The molecule has 1 aliphatic carbocycles. The van der Waals surface area contributed by atoms with Crippen LogP contribution in [0.3, 0.4) is 0 Å². The van der Waals surface area contributed by atoms with Crippen LogP contribution in [0.25, 0.3) is 0 Å². The summed E-state index contributed by atoms with van der Waals surface area (Å²) in [6.07, 6.45) is 7.27. The van der Waals surface area contributed by atoms with Crippen LogP contribution in [0.15, 0.2) is 30.5 Å². The van der Waals surface area contributed by atoms with Crippen LogP contribution in [0, 0.1) is 0 Å². The zero-order chi connectivity index (χ0) is 16.8.